The molecule has 7 nitrogen and oxygen atoms in total. The predicted molar refractivity (Wildman–Crippen MR) is 123 cm³/mol. The van der Waals surface area contributed by atoms with Gasteiger partial charge in [0.2, 0.25) is 0 Å². The maximum Gasteiger partial charge on any atom is 0.327 e. The van der Waals surface area contributed by atoms with E-state index in [2.05, 4.69) is 15.0 Å². The van der Waals surface area contributed by atoms with Gasteiger partial charge in [0.25, 0.3) is 0 Å². The van der Waals surface area contributed by atoms with Crippen molar-refractivity contribution in [2.45, 2.75) is 37.1 Å². The van der Waals surface area contributed by atoms with Crippen LogP contribution in [0.5, 0.6) is 0 Å². The minimum atomic E-state index is -0.604. The smallest absolute Gasteiger partial charge is 0.327 e. The van der Waals surface area contributed by atoms with Gasteiger partial charge in [-0.2, -0.15) is 12.6 Å². The average Bonchev–Trinajstić information content (AvgIpc) is 3.53. The second-order valence-corrected chi connectivity index (χ2v) is 8.64. The summed E-state index contributed by atoms with van der Waals surface area (Å²) < 4.78 is 20.7. The van der Waals surface area contributed by atoms with Gasteiger partial charge in [0.05, 0.1) is 19.3 Å². The fourth-order valence-electron chi connectivity index (χ4n) is 3.92. The highest BCUT2D eigenvalue weighted by Gasteiger charge is 2.40. The Morgan fingerprint density at radius 3 is 2.75 bits per heavy atom. The van der Waals surface area contributed by atoms with Crippen LogP contribution in [0, 0.1) is 11.7 Å². The van der Waals surface area contributed by atoms with Crippen molar-refractivity contribution in [3.8, 4) is 0 Å². The highest BCUT2D eigenvalue weighted by molar-refractivity contribution is 7.81. The molecular formula is C22H26ClFN4O3S. The SMILES string of the molecule is COC(=O)Cn1cc(/C=C2\CN(C(C(=O)C3CC3)c3ccccc3F)CCC2S)nn1.Cl. The topological polar surface area (TPSA) is 77.3 Å². The first-order chi connectivity index (χ1) is 15.0. The van der Waals surface area contributed by atoms with Crippen molar-refractivity contribution in [1.82, 2.24) is 19.9 Å². The molecule has 2 atom stereocenters. The molecule has 4 rings (SSSR count). The zero-order valence-electron chi connectivity index (χ0n) is 17.7. The van der Waals surface area contributed by atoms with Gasteiger partial charge in [-0.25, -0.2) is 9.07 Å². The van der Waals surface area contributed by atoms with Gasteiger partial charge < -0.3 is 4.74 Å². The zero-order valence-corrected chi connectivity index (χ0v) is 19.4. The molecule has 0 amide bonds. The van der Waals surface area contributed by atoms with E-state index in [0.29, 0.717) is 24.3 Å². The number of ketones is 1. The highest BCUT2D eigenvalue weighted by Crippen LogP contribution is 2.39. The molecule has 1 aliphatic heterocycles. The Balaban J connectivity index is 0.00000289. The lowest BCUT2D eigenvalue weighted by Gasteiger charge is -2.37. The first-order valence-corrected chi connectivity index (χ1v) is 10.9. The first kappa shape index (κ1) is 24.4. The van der Waals surface area contributed by atoms with Crippen molar-refractivity contribution in [2.75, 3.05) is 20.2 Å². The standard InChI is InChI=1S/C22H25FN4O3S.ClH/c1-30-20(28)13-27-12-16(24-25-27)10-15-11-26(9-8-19(15)31)21(22(29)14-6-7-14)17-4-2-3-5-18(17)23;/h2-5,10,12,14,19,21,31H,6-9,11,13H2,1H3;1H/b15-10+;. The number of carbonyl (C=O) groups excluding carboxylic acids is 2. The first-order valence-electron chi connectivity index (χ1n) is 10.3. The minimum Gasteiger partial charge on any atom is -0.468 e. The van der Waals surface area contributed by atoms with E-state index in [-0.39, 0.29) is 41.7 Å². The van der Waals surface area contributed by atoms with Crippen LogP contribution in [0.1, 0.15) is 36.6 Å². The molecule has 1 saturated heterocycles. The van der Waals surface area contributed by atoms with E-state index in [1.165, 1.54) is 17.9 Å². The molecule has 32 heavy (non-hydrogen) atoms. The van der Waals surface area contributed by atoms with Gasteiger partial charge in [-0.3, -0.25) is 14.5 Å². The van der Waals surface area contributed by atoms with Crippen LogP contribution in [0.2, 0.25) is 0 Å². The van der Waals surface area contributed by atoms with E-state index in [0.717, 1.165) is 24.8 Å². The van der Waals surface area contributed by atoms with Crippen molar-refractivity contribution in [3.05, 3.63) is 53.1 Å². The van der Waals surface area contributed by atoms with Crippen molar-refractivity contribution < 1.29 is 18.7 Å². The van der Waals surface area contributed by atoms with Crippen molar-refractivity contribution >= 4 is 42.9 Å². The minimum absolute atomic E-state index is 0. The third-order valence-electron chi connectivity index (χ3n) is 5.73. The number of methoxy groups -OCH3 is 1. The second-order valence-electron chi connectivity index (χ2n) is 8.01. The maximum atomic E-state index is 14.6. The number of halogens is 2. The van der Waals surface area contributed by atoms with Crippen LogP contribution >= 0.6 is 25.0 Å². The van der Waals surface area contributed by atoms with Crippen LogP contribution in [0.3, 0.4) is 0 Å². The number of hydrogen-bond acceptors (Lipinski definition) is 7. The Kier molecular flexibility index (Phi) is 8.08. The number of likely N-dealkylation sites (tertiary alicyclic amines) is 1. The lowest BCUT2D eigenvalue weighted by Crippen LogP contribution is -2.42. The molecule has 2 fully saturated rings. The van der Waals surface area contributed by atoms with Crippen LogP contribution < -0.4 is 0 Å². The van der Waals surface area contributed by atoms with Crippen molar-refractivity contribution in [2.24, 2.45) is 5.92 Å². The van der Waals surface area contributed by atoms with E-state index in [9.17, 15) is 14.0 Å². The number of Topliss-reactive ketones (excluding diaryl/α,β-unsaturated/α-hetero) is 1. The molecule has 1 saturated carbocycles. The molecule has 2 unspecified atom stereocenters. The Morgan fingerprint density at radius 1 is 1.31 bits per heavy atom. The molecule has 1 aromatic heterocycles. The van der Waals surface area contributed by atoms with Gasteiger partial charge in [0.15, 0.2) is 5.78 Å². The van der Waals surface area contributed by atoms with Crippen molar-refractivity contribution in [3.63, 3.8) is 0 Å². The third kappa shape index (κ3) is 5.57. The number of esters is 1. The number of thiol groups is 1. The van der Waals surface area contributed by atoms with Gasteiger partial charge in [0, 0.05) is 29.8 Å². The van der Waals surface area contributed by atoms with Gasteiger partial charge >= 0.3 is 5.97 Å². The number of carbonyl (C=O) groups is 2. The zero-order chi connectivity index (χ0) is 22.0. The number of rotatable bonds is 7. The number of piperidine rings is 1. The third-order valence-corrected chi connectivity index (χ3v) is 6.32. The van der Waals surface area contributed by atoms with E-state index in [4.69, 9.17) is 12.6 Å². The van der Waals surface area contributed by atoms with E-state index in [1.807, 2.05) is 11.0 Å². The molecule has 10 heteroatoms. The van der Waals surface area contributed by atoms with Crippen LogP contribution in [-0.2, 0) is 20.9 Å². The molecule has 2 heterocycles. The Bertz CT molecular complexity index is 1010. The molecule has 1 aromatic carbocycles. The summed E-state index contributed by atoms with van der Waals surface area (Å²) in [5.74, 6) is -0.660. The maximum absolute atomic E-state index is 14.6. The fraction of sp³-hybridized carbons (Fsp3) is 0.455. The Labute approximate surface area is 197 Å². The molecule has 0 N–H and O–H groups in total. The van der Waals surface area contributed by atoms with Crippen LogP contribution in [0.25, 0.3) is 6.08 Å². The van der Waals surface area contributed by atoms with Crippen molar-refractivity contribution in [1.29, 1.82) is 0 Å². The monoisotopic (exact) mass is 480 g/mol. The predicted octanol–water partition coefficient (Wildman–Crippen LogP) is 3.12. The highest BCUT2D eigenvalue weighted by atomic mass is 35.5. The summed E-state index contributed by atoms with van der Waals surface area (Å²) in [4.78, 5) is 26.6. The molecule has 172 valence electrons. The Morgan fingerprint density at radius 2 is 2.06 bits per heavy atom. The molecule has 2 aromatic rings. The summed E-state index contributed by atoms with van der Waals surface area (Å²) in [5, 5.41) is 8.04. The number of aromatic nitrogens is 3. The number of benzene rings is 1. The van der Waals surface area contributed by atoms with Gasteiger partial charge in [-0.15, -0.1) is 17.5 Å². The number of hydrogen-bond donors (Lipinski definition) is 1. The van der Waals surface area contributed by atoms with E-state index < -0.39 is 12.0 Å². The molecule has 0 spiro atoms. The number of ether oxygens (including phenoxy) is 1. The summed E-state index contributed by atoms with van der Waals surface area (Å²) in [5.41, 5.74) is 2.00. The largest absolute Gasteiger partial charge is 0.468 e. The summed E-state index contributed by atoms with van der Waals surface area (Å²) in [6, 6.07) is 5.92. The summed E-state index contributed by atoms with van der Waals surface area (Å²) in [6.45, 7) is 1.11. The van der Waals surface area contributed by atoms with Gasteiger partial charge in [-0.05, 0) is 37.0 Å². The van der Waals surface area contributed by atoms with Crippen LogP contribution in [0.15, 0.2) is 36.0 Å². The number of nitrogens with zero attached hydrogens (tertiary/aromatic N) is 4. The van der Waals surface area contributed by atoms with Gasteiger partial charge in [0.1, 0.15) is 18.1 Å². The van der Waals surface area contributed by atoms with Crippen LogP contribution in [-0.4, -0.2) is 57.1 Å². The molecular weight excluding hydrogens is 455 g/mol. The molecule has 0 radical (unpaired) electrons. The lowest BCUT2D eigenvalue weighted by molar-refractivity contribution is -0.141. The summed E-state index contributed by atoms with van der Waals surface area (Å²) in [7, 11) is 1.32. The van der Waals surface area contributed by atoms with E-state index >= 15 is 0 Å². The van der Waals surface area contributed by atoms with Crippen LogP contribution in [0.4, 0.5) is 4.39 Å². The summed E-state index contributed by atoms with van der Waals surface area (Å²) in [6.07, 6.45) is 6.02. The molecule has 2 aliphatic rings. The van der Waals surface area contributed by atoms with E-state index in [1.54, 1.807) is 24.4 Å². The summed E-state index contributed by atoms with van der Waals surface area (Å²) >= 11 is 4.70. The van der Waals surface area contributed by atoms with Gasteiger partial charge in [-0.1, -0.05) is 23.4 Å². The molecule has 1 aliphatic carbocycles. The quantitative estimate of drug-likeness (QED) is 0.484. The molecule has 0 bridgehead atoms. The average molecular weight is 481 g/mol. The fourth-order valence-corrected chi connectivity index (χ4v) is 4.19. The lowest BCUT2D eigenvalue weighted by atomic mass is 9.93. The second kappa shape index (κ2) is 10.6. The normalized spacial score (nSPS) is 21.1. The Hall–Kier alpha value is -2.23.